The van der Waals surface area contributed by atoms with Crippen LogP contribution in [0.4, 0.5) is 11.8 Å². The summed E-state index contributed by atoms with van der Waals surface area (Å²) in [5.74, 6) is 1.70. The molecule has 1 fully saturated rings. The fourth-order valence-corrected chi connectivity index (χ4v) is 3.63. The number of rotatable bonds is 4. The highest BCUT2D eigenvalue weighted by molar-refractivity contribution is 6.31. The third-order valence-electron chi connectivity index (χ3n) is 4.88. The highest BCUT2D eigenvalue weighted by Gasteiger charge is 2.15. The fraction of sp³-hybridized carbons (Fsp3) is 0.333. The molecule has 2 heterocycles. The highest BCUT2D eigenvalue weighted by atomic mass is 35.5. The predicted octanol–water partition coefficient (Wildman–Crippen LogP) is 5.28. The maximum atomic E-state index is 6.30. The molecule has 1 aliphatic heterocycles. The highest BCUT2D eigenvalue weighted by Crippen LogP contribution is 2.26. The average Bonchev–Trinajstić information content (AvgIpc) is 2.96. The first kappa shape index (κ1) is 17.1. The minimum Gasteiger partial charge on any atom is -0.365 e. The van der Waals surface area contributed by atoms with E-state index in [0.29, 0.717) is 6.54 Å². The smallest absolute Gasteiger partial charge is 0.227 e. The summed E-state index contributed by atoms with van der Waals surface area (Å²) in [5.41, 5.74) is 2.04. The zero-order chi connectivity index (χ0) is 17.8. The average molecular weight is 367 g/mol. The molecule has 134 valence electrons. The van der Waals surface area contributed by atoms with E-state index in [-0.39, 0.29) is 0 Å². The molecular weight excluding hydrogens is 344 g/mol. The number of fused-ring (bicyclic) bond motifs is 1. The quantitative estimate of drug-likeness (QED) is 0.682. The third kappa shape index (κ3) is 3.75. The molecular formula is C21H23ClN4. The van der Waals surface area contributed by atoms with Crippen LogP contribution in [0.25, 0.3) is 10.9 Å². The van der Waals surface area contributed by atoms with Gasteiger partial charge in [0.25, 0.3) is 0 Å². The lowest BCUT2D eigenvalue weighted by Crippen LogP contribution is -2.26. The Kier molecular flexibility index (Phi) is 5.21. The van der Waals surface area contributed by atoms with Crippen LogP contribution in [-0.4, -0.2) is 23.1 Å². The molecule has 0 amide bonds. The van der Waals surface area contributed by atoms with Crippen molar-refractivity contribution < 1.29 is 0 Å². The topological polar surface area (TPSA) is 41.1 Å². The summed E-state index contributed by atoms with van der Waals surface area (Å²) in [6.07, 6.45) is 5.00. The van der Waals surface area contributed by atoms with Crippen molar-refractivity contribution in [2.75, 3.05) is 23.3 Å². The molecule has 1 saturated heterocycles. The number of hydrogen-bond acceptors (Lipinski definition) is 4. The van der Waals surface area contributed by atoms with Crippen LogP contribution in [0, 0.1) is 0 Å². The van der Waals surface area contributed by atoms with Crippen molar-refractivity contribution in [1.82, 2.24) is 9.97 Å². The number of anilines is 2. The van der Waals surface area contributed by atoms with Crippen LogP contribution in [0.2, 0.25) is 5.02 Å². The van der Waals surface area contributed by atoms with Crippen molar-refractivity contribution in [2.45, 2.75) is 32.2 Å². The number of nitrogens with one attached hydrogen (secondary N) is 1. The van der Waals surface area contributed by atoms with Gasteiger partial charge in [-0.3, -0.25) is 0 Å². The van der Waals surface area contributed by atoms with Gasteiger partial charge in [-0.05, 0) is 36.6 Å². The Morgan fingerprint density at radius 2 is 1.62 bits per heavy atom. The summed E-state index contributed by atoms with van der Waals surface area (Å²) in [4.78, 5) is 12.0. The zero-order valence-corrected chi connectivity index (χ0v) is 15.5. The van der Waals surface area contributed by atoms with E-state index in [4.69, 9.17) is 21.6 Å². The Bertz CT molecular complexity index is 888. The van der Waals surface area contributed by atoms with Crippen LogP contribution >= 0.6 is 11.6 Å². The number of aromatic nitrogens is 2. The molecule has 0 aliphatic carbocycles. The van der Waals surface area contributed by atoms with E-state index >= 15 is 0 Å². The summed E-state index contributed by atoms with van der Waals surface area (Å²) < 4.78 is 0. The number of benzene rings is 2. The van der Waals surface area contributed by atoms with Gasteiger partial charge in [-0.25, -0.2) is 4.98 Å². The molecule has 0 unspecified atom stereocenters. The maximum Gasteiger partial charge on any atom is 0.227 e. The van der Waals surface area contributed by atoms with Crippen molar-refractivity contribution >= 4 is 34.3 Å². The van der Waals surface area contributed by atoms with Crippen LogP contribution in [0.3, 0.4) is 0 Å². The summed E-state index contributed by atoms with van der Waals surface area (Å²) in [7, 11) is 0. The number of nitrogens with zero attached hydrogens (tertiary/aromatic N) is 3. The minimum atomic E-state index is 0.639. The van der Waals surface area contributed by atoms with E-state index in [1.807, 2.05) is 36.4 Å². The van der Waals surface area contributed by atoms with E-state index < -0.39 is 0 Å². The molecule has 2 aromatic carbocycles. The van der Waals surface area contributed by atoms with Gasteiger partial charge < -0.3 is 10.2 Å². The normalized spacial score (nSPS) is 15.0. The molecule has 1 aliphatic rings. The largest absolute Gasteiger partial charge is 0.365 e. The van der Waals surface area contributed by atoms with Gasteiger partial charge in [0.15, 0.2) is 0 Å². The summed E-state index contributed by atoms with van der Waals surface area (Å²) in [6, 6.07) is 16.1. The SMILES string of the molecule is Clc1ccccc1CNc1nc(N2CCCCCC2)nc2ccccc12. The van der Waals surface area contributed by atoms with Gasteiger partial charge >= 0.3 is 0 Å². The van der Waals surface area contributed by atoms with Crippen LogP contribution in [-0.2, 0) is 6.54 Å². The standard InChI is InChI=1S/C21H23ClN4/c22-18-11-5-3-9-16(18)15-23-20-17-10-4-6-12-19(17)24-21(25-20)26-13-7-1-2-8-14-26/h3-6,9-12H,1-2,7-8,13-15H2,(H,23,24,25). The molecule has 0 atom stereocenters. The molecule has 0 spiro atoms. The van der Waals surface area contributed by atoms with Gasteiger partial charge in [-0.1, -0.05) is 54.8 Å². The molecule has 0 bridgehead atoms. The number of hydrogen-bond donors (Lipinski definition) is 1. The number of para-hydroxylation sites is 1. The van der Waals surface area contributed by atoms with Crippen LogP contribution in [0.15, 0.2) is 48.5 Å². The van der Waals surface area contributed by atoms with Gasteiger partial charge in [0, 0.05) is 30.0 Å². The Balaban J connectivity index is 1.66. The second kappa shape index (κ2) is 7.92. The maximum absolute atomic E-state index is 6.30. The first-order valence-corrected chi connectivity index (χ1v) is 9.68. The van der Waals surface area contributed by atoms with Gasteiger partial charge in [-0.15, -0.1) is 0 Å². The van der Waals surface area contributed by atoms with E-state index in [1.54, 1.807) is 0 Å². The van der Waals surface area contributed by atoms with Gasteiger partial charge in [-0.2, -0.15) is 4.98 Å². The Labute approximate surface area is 159 Å². The third-order valence-corrected chi connectivity index (χ3v) is 5.25. The molecule has 1 N–H and O–H groups in total. The lowest BCUT2D eigenvalue weighted by atomic mass is 10.2. The zero-order valence-electron chi connectivity index (χ0n) is 14.8. The van der Waals surface area contributed by atoms with Crippen LogP contribution < -0.4 is 10.2 Å². The van der Waals surface area contributed by atoms with Crippen LogP contribution in [0.1, 0.15) is 31.2 Å². The summed E-state index contributed by atoms with van der Waals surface area (Å²) in [5, 5.41) is 5.29. The van der Waals surface area contributed by atoms with Crippen molar-refractivity contribution in [3.05, 3.63) is 59.1 Å². The van der Waals surface area contributed by atoms with Crippen molar-refractivity contribution in [1.29, 1.82) is 0 Å². The van der Waals surface area contributed by atoms with Gasteiger partial charge in [0.05, 0.1) is 5.52 Å². The number of halogens is 1. The molecule has 1 aromatic heterocycles. The molecule has 0 saturated carbocycles. The summed E-state index contributed by atoms with van der Waals surface area (Å²) >= 11 is 6.30. The Morgan fingerprint density at radius 1 is 0.885 bits per heavy atom. The van der Waals surface area contributed by atoms with E-state index in [9.17, 15) is 0 Å². The predicted molar refractivity (Wildman–Crippen MR) is 109 cm³/mol. The minimum absolute atomic E-state index is 0.639. The molecule has 4 rings (SSSR count). The molecule has 0 radical (unpaired) electrons. The van der Waals surface area contributed by atoms with Gasteiger partial charge in [0.2, 0.25) is 5.95 Å². The second-order valence-electron chi connectivity index (χ2n) is 6.74. The second-order valence-corrected chi connectivity index (χ2v) is 7.14. The van der Waals surface area contributed by atoms with Crippen molar-refractivity contribution in [3.8, 4) is 0 Å². The summed E-state index contributed by atoms with van der Waals surface area (Å²) in [6.45, 7) is 2.70. The van der Waals surface area contributed by atoms with E-state index in [1.165, 1.54) is 25.7 Å². The molecule has 26 heavy (non-hydrogen) atoms. The molecule has 5 heteroatoms. The lowest BCUT2D eigenvalue weighted by Gasteiger charge is -2.21. The van der Waals surface area contributed by atoms with Crippen molar-refractivity contribution in [3.63, 3.8) is 0 Å². The van der Waals surface area contributed by atoms with E-state index in [2.05, 4.69) is 22.3 Å². The van der Waals surface area contributed by atoms with E-state index in [0.717, 1.165) is 46.3 Å². The lowest BCUT2D eigenvalue weighted by molar-refractivity contribution is 0.726. The monoisotopic (exact) mass is 366 g/mol. The van der Waals surface area contributed by atoms with Gasteiger partial charge in [0.1, 0.15) is 5.82 Å². The van der Waals surface area contributed by atoms with Crippen LogP contribution in [0.5, 0.6) is 0 Å². The molecule has 4 nitrogen and oxygen atoms in total. The fourth-order valence-electron chi connectivity index (χ4n) is 3.43. The first-order chi connectivity index (χ1) is 12.8. The van der Waals surface area contributed by atoms with Crippen molar-refractivity contribution in [2.24, 2.45) is 0 Å². The molecule has 3 aromatic rings. The Hall–Kier alpha value is -2.33. The Morgan fingerprint density at radius 3 is 2.42 bits per heavy atom. The first-order valence-electron chi connectivity index (χ1n) is 9.30.